The maximum Gasteiger partial charge on any atom is 0.0809 e. The Balaban J connectivity index is 1.38. The summed E-state index contributed by atoms with van der Waals surface area (Å²) in [6.45, 7) is 4.57. The number of hydrogen-bond acceptors (Lipinski definition) is 3. The fourth-order valence-electron chi connectivity index (χ4n) is 2.29. The van der Waals surface area contributed by atoms with Gasteiger partial charge in [0.2, 0.25) is 0 Å². The molecule has 1 unspecified atom stereocenters. The van der Waals surface area contributed by atoms with Crippen molar-refractivity contribution in [1.82, 2.24) is 5.32 Å². The van der Waals surface area contributed by atoms with Crippen LogP contribution in [0.15, 0.2) is 30.3 Å². The highest BCUT2D eigenvalue weighted by Crippen LogP contribution is 2.11. The van der Waals surface area contributed by atoms with E-state index in [1.165, 1.54) is 12.0 Å². The van der Waals surface area contributed by atoms with E-state index in [4.69, 9.17) is 9.47 Å². The van der Waals surface area contributed by atoms with Crippen LogP contribution in [0, 0.1) is 0 Å². The maximum absolute atomic E-state index is 5.62. The van der Waals surface area contributed by atoms with Crippen LogP contribution >= 0.6 is 0 Å². The molecule has 0 bridgehead atoms. The Kier molecular flexibility index (Phi) is 6.93. The van der Waals surface area contributed by atoms with Crippen LogP contribution in [0.3, 0.4) is 0 Å². The van der Waals surface area contributed by atoms with Crippen molar-refractivity contribution >= 4 is 0 Å². The summed E-state index contributed by atoms with van der Waals surface area (Å²) in [6.07, 6.45) is 4.87. The van der Waals surface area contributed by atoms with Gasteiger partial charge < -0.3 is 14.8 Å². The molecular weight excluding hydrogens is 238 g/mol. The summed E-state index contributed by atoms with van der Waals surface area (Å²) >= 11 is 0. The van der Waals surface area contributed by atoms with E-state index in [2.05, 4.69) is 35.6 Å². The van der Waals surface area contributed by atoms with Gasteiger partial charge in [0.15, 0.2) is 0 Å². The van der Waals surface area contributed by atoms with Crippen LogP contribution in [-0.4, -0.2) is 39.0 Å². The number of nitrogens with one attached hydrogen (secondary N) is 1. The van der Waals surface area contributed by atoms with E-state index in [9.17, 15) is 0 Å². The van der Waals surface area contributed by atoms with Gasteiger partial charge >= 0.3 is 0 Å². The zero-order valence-corrected chi connectivity index (χ0v) is 11.6. The molecule has 1 heterocycles. The highest BCUT2D eigenvalue weighted by atomic mass is 16.5. The summed E-state index contributed by atoms with van der Waals surface area (Å²) in [4.78, 5) is 0. The lowest BCUT2D eigenvalue weighted by Crippen LogP contribution is -2.21. The average Bonchev–Trinajstić information content (AvgIpc) is 2.96. The van der Waals surface area contributed by atoms with Gasteiger partial charge in [0, 0.05) is 13.2 Å². The van der Waals surface area contributed by atoms with Crippen LogP contribution in [0.25, 0.3) is 0 Å². The molecule has 1 N–H and O–H groups in total. The van der Waals surface area contributed by atoms with E-state index >= 15 is 0 Å². The third kappa shape index (κ3) is 6.19. The van der Waals surface area contributed by atoms with Gasteiger partial charge in [-0.25, -0.2) is 0 Å². The largest absolute Gasteiger partial charge is 0.379 e. The quantitative estimate of drug-likeness (QED) is 0.694. The monoisotopic (exact) mass is 263 g/mol. The zero-order chi connectivity index (χ0) is 13.2. The second kappa shape index (κ2) is 9.08. The van der Waals surface area contributed by atoms with Gasteiger partial charge in [-0.15, -0.1) is 0 Å². The molecule has 3 nitrogen and oxygen atoms in total. The Hall–Kier alpha value is -0.900. The van der Waals surface area contributed by atoms with Crippen LogP contribution in [-0.2, 0) is 15.9 Å². The molecule has 1 fully saturated rings. The lowest BCUT2D eigenvalue weighted by molar-refractivity contribution is 0.0167. The molecule has 0 spiro atoms. The molecule has 1 aliphatic rings. The standard InChI is InChI=1S/C16H25NO2/c1-2-6-15(7-3-1)9-11-17-10-5-12-18-14-16-8-4-13-19-16/h1-3,6-7,16-17H,4-5,8-14H2. The van der Waals surface area contributed by atoms with E-state index in [-0.39, 0.29) is 0 Å². The fraction of sp³-hybridized carbons (Fsp3) is 0.625. The summed E-state index contributed by atoms with van der Waals surface area (Å²) in [5.74, 6) is 0. The molecule has 1 atom stereocenters. The molecule has 19 heavy (non-hydrogen) atoms. The molecule has 0 saturated carbocycles. The Bertz CT molecular complexity index is 323. The molecule has 1 saturated heterocycles. The van der Waals surface area contributed by atoms with Crippen molar-refractivity contribution in [3.05, 3.63) is 35.9 Å². The van der Waals surface area contributed by atoms with E-state index in [1.807, 2.05) is 0 Å². The van der Waals surface area contributed by atoms with E-state index in [0.29, 0.717) is 6.10 Å². The zero-order valence-electron chi connectivity index (χ0n) is 11.6. The minimum atomic E-state index is 0.353. The van der Waals surface area contributed by atoms with E-state index in [1.54, 1.807) is 0 Å². The van der Waals surface area contributed by atoms with Crippen molar-refractivity contribution < 1.29 is 9.47 Å². The summed E-state index contributed by atoms with van der Waals surface area (Å²) in [5.41, 5.74) is 1.39. The van der Waals surface area contributed by atoms with E-state index < -0.39 is 0 Å². The van der Waals surface area contributed by atoms with E-state index in [0.717, 1.165) is 52.2 Å². The van der Waals surface area contributed by atoms with Crippen molar-refractivity contribution in [2.45, 2.75) is 31.8 Å². The van der Waals surface area contributed by atoms with Crippen LogP contribution in [0.1, 0.15) is 24.8 Å². The second-order valence-electron chi connectivity index (χ2n) is 5.05. The van der Waals surface area contributed by atoms with Gasteiger partial charge in [-0.1, -0.05) is 30.3 Å². The number of benzene rings is 1. The Morgan fingerprint density at radius 1 is 1.21 bits per heavy atom. The number of rotatable bonds is 9. The van der Waals surface area contributed by atoms with Crippen LogP contribution in [0.5, 0.6) is 0 Å². The summed E-state index contributed by atoms with van der Waals surface area (Å²) in [7, 11) is 0. The molecular formula is C16H25NO2. The third-order valence-corrected chi connectivity index (χ3v) is 3.40. The number of hydrogen-bond donors (Lipinski definition) is 1. The minimum Gasteiger partial charge on any atom is -0.379 e. The molecule has 0 amide bonds. The third-order valence-electron chi connectivity index (χ3n) is 3.40. The van der Waals surface area contributed by atoms with Crippen molar-refractivity contribution in [2.75, 3.05) is 32.9 Å². The van der Waals surface area contributed by atoms with Crippen LogP contribution in [0.2, 0.25) is 0 Å². The number of ether oxygens (including phenoxy) is 2. The Morgan fingerprint density at radius 2 is 2.11 bits per heavy atom. The predicted octanol–water partition coefficient (Wildman–Crippen LogP) is 2.40. The maximum atomic E-state index is 5.62. The summed E-state index contributed by atoms with van der Waals surface area (Å²) in [5, 5.41) is 3.45. The van der Waals surface area contributed by atoms with Crippen molar-refractivity contribution in [2.24, 2.45) is 0 Å². The topological polar surface area (TPSA) is 30.5 Å². The van der Waals surface area contributed by atoms with Gasteiger partial charge in [0.05, 0.1) is 12.7 Å². The fourth-order valence-corrected chi connectivity index (χ4v) is 2.29. The van der Waals surface area contributed by atoms with Crippen molar-refractivity contribution in [3.63, 3.8) is 0 Å². The molecule has 3 heteroatoms. The molecule has 0 aliphatic carbocycles. The summed E-state index contributed by atoms with van der Waals surface area (Å²) in [6, 6.07) is 10.6. The van der Waals surface area contributed by atoms with Gasteiger partial charge in [-0.3, -0.25) is 0 Å². The molecule has 0 radical (unpaired) electrons. The first-order chi connectivity index (χ1) is 9.45. The van der Waals surface area contributed by atoms with Gasteiger partial charge in [-0.05, 0) is 44.3 Å². The lowest BCUT2D eigenvalue weighted by atomic mass is 10.1. The molecule has 0 aromatic heterocycles. The van der Waals surface area contributed by atoms with Gasteiger partial charge in [0.1, 0.15) is 0 Å². The molecule has 1 aliphatic heterocycles. The highest BCUT2D eigenvalue weighted by molar-refractivity contribution is 5.14. The minimum absolute atomic E-state index is 0.353. The van der Waals surface area contributed by atoms with Crippen molar-refractivity contribution in [3.8, 4) is 0 Å². The van der Waals surface area contributed by atoms with Crippen LogP contribution in [0.4, 0.5) is 0 Å². The van der Waals surface area contributed by atoms with Crippen LogP contribution < -0.4 is 5.32 Å². The Morgan fingerprint density at radius 3 is 2.89 bits per heavy atom. The summed E-state index contributed by atoms with van der Waals surface area (Å²) < 4.78 is 11.1. The average molecular weight is 263 g/mol. The first-order valence-corrected chi connectivity index (χ1v) is 7.39. The highest BCUT2D eigenvalue weighted by Gasteiger charge is 2.14. The predicted molar refractivity (Wildman–Crippen MR) is 77.4 cm³/mol. The molecule has 2 rings (SSSR count). The first kappa shape index (κ1) is 14.5. The lowest BCUT2D eigenvalue weighted by Gasteiger charge is -2.10. The first-order valence-electron chi connectivity index (χ1n) is 7.39. The normalized spacial score (nSPS) is 18.8. The smallest absolute Gasteiger partial charge is 0.0809 e. The van der Waals surface area contributed by atoms with Crippen molar-refractivity contribution in [1.29, 1.82) is 0 Å². The van der Waals surface area contributed by atoms with Gasteiger partial charge in [-0.2, -0.15) is 0 Å². The second-order valence-corrected chi connectivity index (χ2v) is 5.05. The Labute approximate surface area is 116 Å². The van der Waals surface area contributed by atoms with Gasteiger partial charge in [0.25, 0.3) is 0 Å². The molecule has 1 aromatic carbocycles. The SMILES string of the molecule is c1ccc(CCNCCCOCC2CCCO2)cc1. The molecule has 1 aromatic rings. The molecule has 106 valence electrons.